The quantitative estimate of drug-likeness (QED) is 0.384. The van der Waals surface area contributed by atoms with Crippen LogP contribution in [0.25, 0.3) is 22.2 Å². The molecule has 0 bridgehead atoms. The van der Waals surface area contributed by atoms with Crippen LogP contribution >= 0.6 is 0 Å². The molecular weight excluding hydrogens is 450 g/mol. The molecule has 1 aliphatic rings. The molecule has 4 aromatic rings. The molecule has 3 N–H and O–H groups in total. The van der Waals surface area contributed by atoms with E-state index in [1.165, 1.54) is 18.2 Å². The number of carbonyl (C=O) groups excluding carboxylic acids is 1. The highest BCUT2D eigenvalue weighted by Crippen LogP contribution is 2.33. The largest absolute Gasteiger partial charge is 0.389 e. The van der Waals surface area contributed by atoms with Crippen molar-refractivity contribution >= 4 is 16.8 Å². The van der Waals surface area contributed by atoms with Gasteiger partial charge in [0.05, 0.1) is 11.1 Å². The number of carbonyl (C=O) groups is 1. The molecule has 180 valence electrons. The van der Waals surface area contributed by atoms with E-state index in [9.17, 15) is 18.7 Å². The zero-order valence-electron chi connectivity index (χ0n) is 19.3. The molecule has 0 saturated heterocycles. The maximum absolute atomic E-state index is 14.2. The summed E-state index contributed by atoms with van der Waals surface area (Å²) >= 11 is 0. The van der Waals surface area contributed by atoms with Crippen molar-refractivity contribution in [3.63, 3.8) is 0 Å². The van der Waals surface area contributed by atoms with Crippen molar-refractivity contribution in [2.24, 2.45) is 0 Å². The van der Waals surface area contributed by atoms with Crippen LogP contribution in [-0.2, 0) is 6.42 Å². The minimum absolute atomic E-state index is 0.119. The molecule has 1 aliphatic carbocycles. The summed E-state index contributed by atoms with van der Waals surface area (Å²) in [4.78, 5) is 17.3. The van der Waals surface area contributed by atoms with Gasteiger partial charge in [-0.1, -0.05) is 6.07 Å². The zero-order valence-corrected chi connectivity index (χ0v) is 19.3. The Morgan fingerprint density at radius 2 is 2.00 bits per heavy atom. The van der Waals surface area contributed by atoms with Gasteiger partial charge in [-0.05, 0) is 75.1 Å². The Morgan fingerprint density at radius 3 is 2.77 bits per heavy atom. The molecule has 2 aromatic heterocycles. The lowest BCUT2D eigenvalue weighted by molar-refractivity contribution is -0.00754. The van der Waals surface area contributed by atoms with Crippen molar-refractivity contribution in [1.29, 1.82) is 0 Å². The van der Waals surface area contributed by atoms with Gasteiger partial charge in [-0.2, -0.15) is 5.10 Å². The second-order valence-corrected chi connectivity index (χ2v) is 9.39. The Morgan fingerprint density at radius 1 is 1.20 bits per heavy atom. The first-order chi connectivity index (χ1) is 16.8. The van der Waals surface area contributed by atoms with Crippen LogP contribution in [0.1, 0.15) is 47.3 Å². The lowest BCUT2D eigenvalue weighted by Gasteiger charge is -2.37. The highest BCUT2D eigenvalue weighted by Gasteiger charge is 2.36. The smallest absolute Gasteiger partial charge is 0.251 e. The molecule has 2 atom stereocenters. The number of nitrogens with zero attached hydrogens (tertiary/aromatic N) is 2. The SMILES string of the molecule is Cc1cc(-c2n[nH]c3ccc(C(=O)NC4CCCC(O)(Cc5c(F)cccc5F)C4)cc23)ccn1. The number of benzene rings is 2. The molecule has 0 aliphatic heterocycles. The molecule has 6 nitrogen and oxygen atoms in total. The van der Waals surface area contributed by atoms with E-state index in [0.29, 0.717) is 24.8 Å². The number of pyridine rings is 1. The monoisotopic (exact) mass is 476 g/mol. The van der Waals surface area contributed by atoms with E-state index >= 15 is 0 Å². The Kier molecular flexibility index (Phi) is 6.06. The van der Waals surface area contributed by atoms with Crippen LogP contribution in [0.15, 0.2) is 54.7 Å². The summed E-state index contributed by atoms with van der Waals surface area (Å²) in [7, 11) is 0. The molecule has 1 fully saturated rings. The molecule has 5 rings (SSSR count). The van der Waals surface area contributed by atoms with Gasteiger partial charge in [-0.3, -0.25) is 14.9 Å². The fourth-order valence-corrected chi connectivity index (χ4v) is 4.99. The Bertz CT molecular complexity index is 1380. The molecule has 0 radical (unpaired) electrons. The van der Waals surface area contributed by atoms with Crippen molar-refractivity contribution in [2.45, 2.75) is 50.7 Å². The maximum Gasteiger partial charge on any atom is 0.251 e. The number of H-pyrrole nitrogens is 1. The number of aromatic amines is 1. The highest BCUT2D eigenvalue weighted by molar-refractivity contribution is 6.01. The Hall–Kier alpha value is -3.65. The molecule has 2 aromatic carbocycles. The van der Waals surface area contributed by atoms with Crippen molar-refractivity contribution in [3.8, 4) is 11.3 Å². The predicted molar refractivity (Wildman–Crippen MR) is 129 cm³/mol. The van der Waals surface area contributed by atoms with Crippen LogP contribution in [0.4, 0.5) is 8.78 Å². The second-order valence-electron chi connectivity index (χ2n) is 9.39. The van der Waals surface area contributed by atoms with Crippen LogP contribution < -0.4 is 5.32 Å². The van der Waals surface area contributed by atoms with Gasteiger partial charge in [-0.15, -0.1) is 0 Å². The fourth-order valence-electron chi connectivity index (χ4n) is 4.99. The van der Waals surface area contributed by atoms with Gasteiger partial charge in [0, 0.05) is 46.4 Å². The maximum atomic E-state index is 14.2. The van der Waals surface area contributed by atoms with Gasteiger partial charge >= 0.3 is 0 Å². The summed E-state index contributed by atoms with van der Waals surface area (Å²) in [6.45, 7) is 1.91. The van der Waals surface area contributed by atoms with Gasteiger partial charge in [0.15, 0.2) is 0 Å². The average Bonchev–Trinajstić information content (AvgIpc) is 3.25. The van der Waals surface area contributed by atoms with Gasteiger partial charge in [0.25, 0.3) is 5.91 Å². The number of rotatable bonds is 5. The molecule has 1 saturated carbocycles. The molecule has 1 amide bonds. The van der Waals surface area contributed by atoms with Crippen LogP contribution in [0.2, 0.25) is 0 Å². The lowest BCUT2D eigenvalue weighted by atomic mass is 9.78. The number of nitrogens with one attached hydrogen (secondary N) is 2. The third-order valence-corrected chi connectivity index (χ3v) is 6.72. The van der Waals surface area contributed by atoms with E-state index in [0.717, 1.165) is 27.9 Å². The summed E-state index contributed by atoms with van der Waals surface area (Å²) in [6, 6.07) is 12.5. The van der Waals surface area contributed by atoms with Gasteiger partial charge in [-0.25, -0.2) is 8.78 Å². The van der Waals surface area contributed by atoms with Crippen molar-refractivity contribution < 1.29 is 18.7 Å². The number of hydrogen-bond acceptors (Lipinski definition) is 4. The average molecular weight is 477 g/mol. The summed E-state index contributed by atoms with van der Waals surface area (Å²) in [5.74, 6) is -1.60. The van der Waals surface area contributed by atoms with E-state index in [2.05, 4.69) is 20.5 Å². The normalized spacial score (nSPS) is 20.2. The number of hydrogen-bond donors (Lipinski definition) is 3. The number of halogens is 2. The van der Waals surface area contributed by atoms with Gasteiger partial charge in [0.1, 0.15) is 17.3 Å². The van der Waals surface area contributed by atoms with Crippen LogP contribution in [0.3, 0.4) is 0 Å². The minimum atomic E-state index is -1.29. The van der Waals surface area contributed by atoms with E-state index in [1.807, 2.05) is 25.1 Å². The zero-order chi connectivity index (χ0) is 24.6. The first-order valence-electron chi connectivity index (χ1n) is 11.7. The van der Waals surface area contributed by atoms with Crippen molar-refractivity contribution in [2.75, 3.05) is 0 Å². The second kappa shape index (κ2) is 9.19. The molecular formula is C27H26F2N4O2. The first-order valence-corrected chi connectivity index (χ1v) is 11.7. The van der Waals surface area contributed by atoms with E-state index in [1.54, 1.807) is 18.3 Å². The molecule has 35 heavy (non-hydrogen) atoms. The molecule has 2 heterocycles. The van der Waals surface area contributed by atoms with E-state index < -0.39 is 17.2 Å². The molecule has 0 spiro atoms. The topological polar surface area (TPSA) is 90.9 Å². The highest BCUT2D eigenvalue weighted by atomic mass is 19.1. The van der Waals surface area contributed by atoms with Crippen LogP contribution in [0.5, 0.6) is 0 Å². The van der Waals surface area contributed by atoms with E-state index in [-0.39, 0.29) is 30.4 Å². The van der Waals surface area contributed by atoms with Crippen molar-refractivity contribution in [1.82, 2.24) is 20.5 Å². The summed E-state index contributed by atoms with van der Waals surface area (Å²) in [5, 5.41) is 22.4. The fraction of sp³-hybridized carbons (Fsp3) is 0.296. The van der Waals surface area contributed by atoms with Crippen molar-refractivity contribution in [3.05, 3.63) is 83.2 Å². The third kappa shape index (κ3) is 4.79. The number of aromatic nitrogens is 3. The number of aliphatic hydroxyl groups is 1. The number of amides is 1. The lowest BCUT2D eigenvalue weighted by Crippen LogP contribution is -2.47. The summed E-state index contributed by atoms with van der Waals surface area (Å²) < 4.78 is 28.3. The Labute approximate surface area is 201 Å². The van der Waals surface area contributed by atoms with E-state index in [4.69, 9.17) is 0 Å². The first kappa shape index (κ1) is 23.1. The molecule has 2 unspecified atom stereocenters. The standard InChI is InChI=1S/C27H26F2N4O2/c1-16-12-17(9-11-30-16)25-20-13-18(7-8-24(20)32-33-25)26(34)31-19-4-3-10-27(35,14-19)15-21-22(28)5-2-6-23(21)29/h2,5-9,11-13,19,35H,3-4,10,14-15H2,1H3,(H,31,34)(H,32,33). The Balaban J connectivity index is 1.34. The van der Waals surface area contributed by atoms with Gasteiger partial charge in [0.2, 0.25) is 0 Å². The summed E-state index contributed by atoms with van der Waals surface area (Å²) in [6.07, 6.45) is 3.56. The third-order valence-electron chi connectivity index (χ3n) is 6.72. The van der Waals surface area contributed by atoms with Crippen LogP contribution in [0, 0.1) is 18.6 Å². The van der Waals surface area contributed by atoms with Crippen LogP contribution in [-0.4, -0.2) is 37.8 Å². The predicted octanol–water partition coefficient (Wildman–Crippen LogP) is 4.86. The number of fused-ring (bicyclic) bond motifs is 1. The number of aryl methyl sites for hydroxylation is 1. The van der Waals surface area contributed by atoms with Gasteiger partial charge < -0.3 is 10.4 Å². The summed E-state index contributed by atoms with van der Waals surface area (Å²) in [5.41, 5.74) is 2.38. The molecule has 8 heteroatoms. The minimum Gasteiger partial charge on any atom is -0.389 e.